The van der Waals surface area contributed by atoms with Gasteiger partial charge in [-0.25, -0.2) is 0 Å². The van der Waals surface area contributed by atoms with Crippen molar-refractivity contribution < 1.29 is 4.74 Å². The first-order valence-electron chi connectivity index (χ1n) is 12.2. The monoisotopic (exact) mass is 404 g/mol. The number of hydrogen-bond acceptors (Lipinski definition) is 1. The molecule has 0 bridgehead atoms. The number of aryl methyl sites for hydroxylation is 1. The third-order valence-corrected chi connectivity index (χ3v) is 6.65. The molecule has 0 heterocycles. The van der Waals surface area contributed by atoms with Crippen molar-refractivity contribution in [2.24, 2.45) is 11.8 Å². The van der Waals surface area contributed by atoms with Crippen molar-refractivity contribution >= 4 is 0 Å². The summed E-state index contributed by atoms with van der Waals surface area (Å²) in [6, 6.07) is 18.0. The highest BCUT2D eigenvalue weighted by Crippen LogP contribution is 2.33. The van der Waals surface area contributed by atoms with Crippen LogP contribution in [0.3, 0.4) is 0 Å². The van der Waals surface area contributed by atoms with Crippen LogP contribution in [0.5, 0.6) is 0 Å². The van der Waals surface area contributed by atoms with Gasteiger partial charge in [-0.05, 0) is 72.6 Å². The molecule has 0 spiro atoms. The van der Waals surface area contributed by atoms with Crippen molar-refractivity contribution in [1.82, 2.24) is 0 Å². The summed E-state index contributed by atoms with van der Waals surface area (Å²) in [4.78, 5) is 0. The molecule has 0 N–H and O–H groups in total. The first-order chi connectivity index (χ1) is 14.8. The van der Waals surface area contributed by atoms with Crippen LogP contribution >= 0.6 is 0 Å². The van der Waals surface area contributed by atoms with E-state index < -0.39 is 0 Å². The van der Waals surface area contributed by atoms with E-state index in [0.29, 0.717) is 6.61 Å². The second kappa shape index (κ2) is 12.7. The molecule has 1 saturated carbocycles. The lowest BCUT2D eigenvalue weighted by Crippen LogP contribution is -2.14. The Hall–Kier alpha value is -1.86. The van der Waals surface area contributed by atoms with Crippen molar-refractivity contribution in [2.45, 2.75) is 77.7 Å². The Morgan fingerprint density at radius 3 is 2.03 bits per heavy atom. The van der Waals surface area contributed by atoms with Gasteiger partial charge in [-0.1, -0.05) is 87.2 Å². The van der Waals surface area contributed by atoms with Gasteiger partial charge >= 0.3 is 0 Å². The smallest absolute Gasteiger partial charge is 0.0716 e. The SMILES string of the molecule is C=CCC1CCC(CCCCc2ccc(-c3ccc(COCCC)cc3)cc2)CC1. The molecule has 3 rings (SSSR count). The van der Waals surface area contributed by atoms with Gasteiger partial charge in [0.15, 0.2) is 0 Å². The third-order valence-electron chi connectivity index (χ3n) is 6.65. The van der Waals surface area contributed by atoms with Gasteiger partial charge in [-0.15, -0.1) is 6.58 Å². The molecule has 1 nitrogen and oxygen atoms in total. The second-order valence-electron chi connectivity index (χ2n) is 9.10. The highest BCUT2D eigenvalue weighted by molar-refractivity contribution is 5.63. The van der Waals surface area contributed by atoms with Crippen LogP contribution in [0.15, 0.2) is 61.2 Å². The van der Waals surface area contributed by atoms with Gasteiger partial charge in [0.05, 0.1) is 6.61 Å². The fourth-order valence-electron chi connectivity index (χ4n) is 4.75. The molecule has 1 heteroatoms. The number of rotatable bonds is 12. The zero-order valence-electron chi connectivity index (χ0n) is 19.0. The van der Waals surface area contributed by atoms with Crippen LogP contribution in [0.4, 0.5) is 0 Å². The molecule has 2 aromatic rings. The third kappa shape index (κ3) is 7.43. The Balaban J connectivity index is 1.37. The summed E-state index contributed by atoms with van der Waals surface area (Å²) in [7, 11) is 0. The maximum absolute atomic E-state index is 5.63. The summed E-state index contributed by atoms with van der Waals surface area (Å²) < 4.78 is 5.63. The van der Waals surface area contributed by atoms with Gasteiger partial charge < -0.3 is 4.74 Å². The number of ether oxygens (including phenoxy) is 1. The Kier molecular flexibility index (Phi) is 9.70. The minimum atomic E-state index is 0.712. The topological polar surface area (TPSA) is 9.23 Å². The van der Waals surface area contributed by atoms with Crippen LogP contribution in [0.1, 0.15) is 75.8 Å². The van der Waals surface area contributed by atoms with Crippen molar-refractivity contribution in [3.8, 4) is 11.1 Å². The predicted molar refractivity (Wildman–Crippen MR) is 130 cm³/mol. The lowest BCUT2D eigenvalue weighted by Gasteiger charge is -2.27. The van der Waals surface area contributed by atoms with E-state index in [4.69, 9.17) is 4.74 Å². The number of allylic oxidation sites excluding steroid dienone is 1. The molecule has 1 fully saturated rings. The summed E-state index contributed by atoms with van der Waals surface area (Å²) in [5, 5.41) is 0. The standard InChI is InChI=1S/C29H40O/c1-3-7-24-10-12-25(13-11-24)8-5-6-9-26-14-18-28(19-15-26)29-20-16-27(17-21-29)23-30-22-4-2/h3,14-21,24-25H,1,4-13,22-23H2,2H3. The number of unbranched alkanes of at least 4 members (excludes halogenated alkanes) is 1. The van der Waals surface area contributed by atoms with E-state index >= 15 is 0 Å². The lowest BCUT2D eigenvalue weighted by atomic mass is 9.78. The minimum Gasteiger partial charge on any atom is -0.377 e. The zero-order valence-corrected chi connectivity index (χ0v) is 19.0. The predicted octanol–water partition coefficient (Wildman–Crippen LogP) is 8.38. The van der Waals surface area contributed by atoms with Gasteiger partial charge in [-0.2, -0.15) is 0 Å². The lowest BCUT2D eigenvalue weighted by molar-refractivity contribution is 0.121. The second-order valence-corrected chi connectivity index (χ2v) is 9.10. The molecule has 1 aliphatic carbocycles. The molecular weight excluding hydrogens is 364 g/mol. The fraction of sp³-hybridized carbons (Fsp3) is 0.517. The molecule has 30 heavy (non-hydrogen) atoms. The van der Waals surface area contributed by atoms with E-state index in [1.807, 2.05) is 0 Å². The first-order valence-corrected chi connectivity index (χ1v) is 12.2. The quantitative estimate of drug-likeness (QED) is 0.255. The summed E-state index contributed by atoms with van der Waals surface area (Å²) >= 11 is 0. The Bertz CT molecular complexity index is 720. The molecule has 162 valence electrons. The van der Waals surface area contributed by atoms with Crippen molar-refractivity contribution in [3.05, 3.63) is 72.3 Å². The molecule has 0 aliphatic heterocycles. The van der Waals surface area contributed by atoms with Crippen LogP contribution in [0.25, 0.3) is 11.1 Å². The van der Waals surface area contributed by atoms with Crippen LogP contribution < -0.4 is 0 Å². The summed E-state index contributed by atoms with van der Waals surface area (Å²) in [6.07, 6.45) is 15.4. The zero-order chi connectivity index (χ0) is 21.0. The average molecular weight is 405 g/mol. The maximum atomic E-state index is 5.63. The Morgan fingerprint density at radius 1 is 0.833 bits per heavy atom. The molecule has 0 radical (unpaired) electrons. The van der Waals surface area contributed by atoms with Gasteiger partial charge in [0.1, 0.15) is 0 Å². The number of hydrogen-bond donors (Lipinski definition) is 0. The molecular formula is C29H40O. The van der Waals surface area contributed by atoms with Crippen LogP contribution in [-0.2, 0) is 17.8 Å². The maximum Gasteiger partial charge on any atom is 0.0716 e. The van der Waals surface area contributed by atoms with Crippen molar-refractivity contribution in [1.29, 1.82) is 0 Å². The largest absolute Gasteiger partial charge is 0.377 e. The summed E-state index contributed by atoms with van der Waals surface area (Å²) in [5.74, 6) is 1.90. The Morgan fingerprint density at radius 2 is 1.43 bits per heavy atom. The van der Waals surface area contributed by atoms with Crippen LogP contribution in [-0.4, -0.2) is 6.61 Å². The minimum absolute atomic E-state index is 0.712. The van der Waals surface area contributed by atoms with E-state index in [-0.39, 0.29) is 0 Å². The molecule has 2 aromatic carbocycles. The number of benzene rings is 2. The molecule has 1 aliphatic rings. The first kappa shape index (κ1) is 22.8. The van der Waals surface area contributed by atoms with Crippen LogP contribution in [0.2, 0.25) is 0 Å². The van der Waals surface area contributed by atoms with E-state index in [0.717, 1.165) is 24.9 Å². The van der Waals surface area contributed by atoms with Gasteiger partial charge in [0.2, 0.25) is 0 Å². The molecule has 0 saturated heterocycles. The molecule has 0 unspecified atom stereocenters. The summed E-state index contributed by atoms with van der Waals surface area (Å²) in [6.45, 7) is 7.58. The van der Waals surface area contributed by atoms with Crippen molar-refractivity contribution in [2.75, 3.05) is 6.61 Å². The van der Waals surface area contributed by atoms with Gasteiger partial charge in [0, 0.05) is 6.61 Å². The van der Waals surface area contributed by atoms with E-state index in [2.05, 4.69) is 68.1 Å². The van der Waals surface area contributed by atoms with Gasteiger partial charge in [0.25, 0.3) is 0 Å². The van der Waals surface area contributed by atoms with Gasteiger partial charge in [-0.3, -0.25) is 0 Å². The van der Waals surface area contributed by atoms with E-state index in [9.17, 15) is 0 Å². The molecule has 0 amide bonds. The van der Waals surface area contributed by atoms with E-state index in [1.165, 1.54) is 80.0 Å². The van der Waals surface area contributed by atoms with E-state index in [1.54, 1.807) is 0 Å². The van der Waals surface area contributed by atoms with Crippen molar-refractivity contribution in [3.63, 3.8) is 0 Å². The molecule has 0 atom stereocenters. The molecule has 0 aromatic heterocycles. The Labute approximate surface area is 184 Å². The summed E-state index contributed by atoms with van der Waals surface area (Å²) in [5.41, 5.74) is 5.31. The normalized spacial score (nSPS) is 19.0. The fourth-order valence-corrected chi connectivity index (χ4v) is 4.75. The van der Waals surface area contributed by atoms with Crippen LogP contribution in [0, 0.1) is 11.8 Å². The highest BCUT2D eigenvalue weighted by atomic mass is 16.5. The highest BCUT2D eigenvalue weighted by Gasteiger charge is 2.19. The average Bonchev–Trinajstić information content (AvgIpc) is 2.79.